The highest BCUT2D eigenvalue weighted by molar-refractivity contribution is 7.85. The second-order valence-electron chi connectivity index (χ2n) is 6.29. The first-order valence-electron chi connectivity index (χ1n) is 8.64. The Morgan fingerprint density at radius 1 is 0.889 bits per heavy atom. The molecular formula is C23H18O3S. The molecular weight excluding hydrogens is 356 g/mol. The lowest BCUT2D eigenvalue weighted by Gasteiger charge is -2.26. The lowest BCUT2D eigenvalue weighted by atomic mass is 9.94. The van der Waals surface area contributed by atoms with Crippen LogP contribution in [0, 0.1) is 0 Å². The van der Waals surface area contributed by atoms with Crippen molar-refractivity contribution in [2.45, 2.75) is 10.1 Å². The fraction of sp³-hybridized carbons (Fsp3) is 0.0870. The van der Waals surface area contributed by atoms with E-state index in [4.69, 9.17) is 4.74 Å². The van der Waals surface area contributed by atoms with Crippen LogP contribution < -0.4 is 4.74 Å². The zero-order chi connectivity index (χ0) is 18.8. The summed E-state index contributed by atoms with van der Waals surface area (Å²) < 4.78 is 18.6. The molecule has 0 aromatic heterocycles. The molecule has 0 bridgehead atoms. The van der Waals surface area contributed by atoms with Crippen molar-refractivity contribution in [2.75, 3.05) is 7.11 Å². The molecule has 0 N–H and O–H groups in total. The molecule has 0 fully saturated rings. The van der Waals surface area contributed by atoms with Gasteiger partial charge in [-0.25, -0.2) is 0 Å². The molecule has 0 amide bonds. The van der Waals surface area contributed by atoms with Crippen LogP contribution in [0.15, 0.2) is 89.3 Å². The highest BCUT2D eigenvalue weighted by Crippen LogP contribution is 2.40. The van der Waals surface area contributed by atoms with Crippen LogP contribution >= 0.6 is 0 Å². The average Bonchev–Trinajstić information content (AvgIpc) is 2.73. The number of hydrogen-bond acceptors (Lipinski definition) is 3. The molecule has 4 rings (SSSR count). The predicted octanol–water partition coefficient (Wildman–Crippen LogP) is 4.82. The molecule has 3 aromatic rings. The van der Waals surface area contributed by atoms with Crippen LogP contribution in [-0.2, 0) is 10.8 Å². The van der Waals surface area contributed by atoms with Gasteiger partial charge in [0, 0.05) is 11.1 Å². The molecule has 3 nitrogen and oxygen atoms in total. The molecule has 2 unspecified atom stereocenters. The van der Waals surface area contributed by atoms with Gasteiger partial charge in [-0.15, -0.1) is 0 Å². The number of methoxy groups -OCH3 is 1. The van der Waals surface area contributed by atoms with E-state index < -0.39 is 16.0 Å². The van der Waals surface area contributed by atoms with Gasteiger partial charge in [-0.1, -0.05) is 54.6 Å². The number of Topliss-reactive ketones (excluding diaryl/α,β-unsaturated/α-hetero) is 1. The minimum atomic E-state index is -1.35. The molecule has 0 aliphatic carbocycles. The minimum Gasteiger partial charge on any atom is -0.497 e. The Balaban J connectivity index is 1.88. The summed E-state index contributed by atoms with van der Waals surface area (Å²) in [7, 11) is 0.267. The van der Waals surface area contributed by atoms with Crippen molar-refractivity contribution >= 4 is 22.7 Å². The van der Waals surface area contributed by atoms with E-state index in [0.29, 0.717) is 16.0 Å². The Kier molecular flexibility index (Phi) is 4.73. The fourth-order valence-electron chi connectivity index (χ4n) is 3.30. The summed E-state index contributed by atoms with van der Waals surface area (Å²) in [4.78, 5) is 13.8. The molecule has 27 heavy (non-hydrogen) atoms. The van der Waals surface area contributed by atoms with Crippen LogP contribution in [-0.4, -0.2) is 17.1 Å². The van der Waals surface area contributed by atoms with Crippen molar-refractivity contribution in [1.82, 2.24) is 0 Å². The van der Waals surface area contributed by atoms with Gasteiger partial charge in [-0.3, -0.25) is 9.00 Å². The third-order valence-electron chi connectivity index (χ3n) is 4.65. The van der Waals surface area contributed by atoms with Crippen LogP contribution in [0.3, 0.4) is 0 Å². The van der Waals surface area contributed by atoms with Gasteiger partial charge in [0.25, 0.3) is 0 Å². The van der Waals surface area contributed by atoms with E-state index in [9.17, 15) is 9.00 Å². The van der Waals surface area contributed by atoms with Crippen molar-refractivity contribution < 1.29 is 13.7 Å². The third-order valence-corrected chi connectivity index (χ3v) is 6.39. The zero-order valence-corrected chi connectivity index (χ0v) is 15.6. The number of hydrogen-bond donors (Lipinski definition) is 0. The molecule has 0 radical (unpaired) electrons. The van der Waals surface area contributed by atoms with E-state index in [-0.39, 0.29) is 5.78 Å². The van der Waals surface area contributed by atoms with Gasteiger partial charge < -0.3 is 4.74 Å². The number of rotatable bonds is 3. The van der Waals surface area contributed by atoms with Crippen molar-refractivity contribution in [3.05, 3.63) is 101 Å². The van der Waals surface area contributed by atoms with Gasteiger partial charge >= 0.3 is 0 Å². The molecule has 1 aliphatic heterocycles. The van der Waals surface area contributed by atoms with Gasteiger partial charge in [0.2, 0.25) is 0 Å². The smallest absolute Gasteiger partial charge is 0.191 e. The Bertz CT molecular complexity index is 1040. The van der Waals surface area contributed by atoms with Crippen LogP contribution in [0.2, 0.25) is 0 Å². The Labute approximate surface area is 160 Å². The van der Waals surface area contributed by atoms with Crippen molar-refractivity contribution in [2.24, 2.45) is 0 Å². The van der Waals surface area contributed by atoms with Crippen LogP contribution in [0.4, 0.5) is 0 Å². The molecule has 3 aromatic carbocycles. The summed E-state index contributed by atoms with van der Waals surface area (Å²) in [5, 5.41) is -0.490. The van der Waals surface area contributed by atoms with E-state index in [0.717, 1.165) is 16.9 Å². The third kappa shape index (κ3) is 3.24. The first kappa shape index (κ1) is 17.4. The topological polar surface area (TPSA) is 43.4 Å². The summed E-state index contributed by atoms with van der Waals surface area (Å²) in [5.41, 5.74) is 2.81. The van der Waals surface area contributed by atoms with Crippen molar-refractivity contribution in [3.63, 3.8) is 0 Å². The lowest BCUT2D eigenvalue weighted by Crippen LogP contribution is -2.24. The minimum absolute atomic E-state index is 0.0742. The van der Waals surface area contributed by atoms with Crippen LogP contribution in [0.25, 0.3) is 6.08 Å². The summed E-state index contributed by atoms with van der Waals surface area (Å²) in [6.07, 6.45) is 1.84. The maximum atomic E-state index is 13.4. The van der Waals surface area contributed by atoms with Gasteiger partial charge in [-0.2, -0.15) is 0 Å². The zero-order valence-electron chi connectivity index (χ0n) is 14.8. The number of fused-ring (bicyclic) bond motifs is 1. The van der Waals surface area contributed by atoms with Crippen LogP contribution in [0.5, 0.6) is 5.75 Å². The van der Waals surface area contributed by atoms with E-state index in [2.05, 4.69) is 0 Å². The maximum absolute atomic E-state index is 13.4. The van der Waals surface area contributed by atoms with Gasteiger partial charge in [0.05, 0.1) is 28.1 Å². The average molecular weight is 374 g/mol. The molecule has 1 aliphatic rings. The molecule has 2 atom stereocenters. The first-order chi connectivity index (χ1) is 13.2. The molecule has 0 saturated heterocycles. The van der Waals surface area contributed by atoms with Crippen molar-refractivity contribution in [3.8, 4) is 5.75 Å². The number of ketones is 1. The second kappa shape index (κ2) is 7.33. The predicted molar refractivity (Wildman–Crippen MR) is 107 cm³/mol. The highest BCUT2D eigenvalue weighted by atomic mass is 32.2. The van der Waals surface area contributed by atoms with E-state index in [1.54, 1.807) is 19.2 Å². The highest BCUT2D eigenvalue weighted by Gasteiger charge is 2.36. The maximum Gasteiger partial charge on any atom is 0.191 e. The molecule has 4 heteroatoms. The summed E-state index contributed by atoms with van der Waals surface area (Å²) in [6.45, 7) is 0. The number of carbonyl (C=O) groups is 1. The lowest BCUT2D eigenvalue weighted by molar-refractivity contribution is 0.102. The Hall–Kier alpha value is -2.98. The van der Waals surface area contributed by atoms with E-state index >= 15 is 0 Å². The van der Waals surface area contributed by atoms with Gasteiger partial charge in [0.1, 0.15) is 5.75 Å². The quantitative estimate of drug-likeness (QED) is 0.617. The molecule has 1 heterocycles. The standard InChI is InChI=1S/C23H18O3S/c1-26-18-13-11-16(12-14-18)15-20-22(24)19-9-5-6-10-21(19)27(25)23(20)17-7-3-2-4-8-17/h2-15,23H,1H3/b20-15+. The number of benzene rings is 3. The number of ether oxygens (including phenoxy) is 1. The molecule has 0 spiro atoms. The van der Waals surface area contributed by atoms with E-state index in [1.807, 2.05) is 72.8 Å². The fourth-order valence-corrected chi connectivity index (χ4v) is 4.95. The van der Waals surface area contributed by atoms with Crippen molar-refractivity contribution in [1.29, 1.82) is 0 Å². The number of carbonyl (C=O) groups excluding carboxylic acids is 1. The summed E-state index contributed by atoms with van der Waals surface area (Å²) >= 11 is 0. The Morgan fingerprint density at radius 2 is 1.56 bits per heavy atom. The molecule has 134 valence electrons. The largest absolute Gasteiger partial charge is 0.497 e. The second-order valence-corrected chi connectivity index (χ2v) is 7.79. The van der Waals surface area contributed by atoms with Gasteiger partial charge in [0.15, 0.2) is 5.78 Å². The van der Waals surface area contributed by atoms with Crippen LogP contribution in [0.1, 0.15) is 26.7 Å². The normalized spacial score (nSPS) is 20.3. The molecule has 0 saturated carbocycles. The SMILES string of the molecule is COc1ccc(/C=C2\C(=O)c3ccccc3S(=O)C2c2ccccc2)cc1. The first-order valence-corrected chi connectivity index (χ1v) is 9.85. The van der Waals surface area contributed by atoms with E-state index in [1.165, 1.54) is 0 Å². The summed E-state index contributed by atoms with van der Waals surface area (Å²) in [6, 6.07) is 24.2. The van der Waals surface area contributed by atoms with Gasteiger partial charge in [-0.05, 0) is 41.5 Å². The monoisotopic (exact) mass is 374 g/mol. The Morgan fingerprint density at radius 3 is 2.26 bits per heavy atom. The summed E-state index contributed by atoms with van der Waals surface area (Å²) in [5.74, 6) is 0.676.